The third kappa shape index (κ3) is 2.03. The fourth-order valence-corrected chi connectivity index (χ4v) is 7.09. The van der Waals surface area contributed by atoms with Crippen molar-refractivity contribution in [1.29, 1.82) is 0 Å². The first kappa shape index (κ1) is 16.0. The Bertz CT molecular complexity index is 612. The molecule has 1 N–H and O–H groups in total. The molecule has 4 aliphatic carbocycles. The van der Waals surface area contributed by atoms with Crippen molar-refractivity contribution in [3.05, 3.63) is 11.6 Å². The first-order valence-electron chi connectivity index (χ1n) is 8.88. The molecule has 4 aliphatic rings. The number of halogens is 1. The molecule has 0 aliphatic heterocycles. The van der Waals surface area contributed by atoms with Crippen LogP contribution in [0.1, 0.15) is 52.4 Å². The zero-order valence-corrected chi connectivity index (χ0v) is 15.4. The average molecular weight is 381 g/mol. The first-order chi connectivity index (χ1) is 10.8. The van der Waals surface area contributed by atoms with Gasteiger partial charge in [0.2, 0.25) is 0 Å². The van der Waals surface area contributed by atoms with Crippen LogP contribution in [0.5, 0.6) is 0 Å². The lowest BCUT2D eigenvalue weighted by Gasteiger charge is -2.56. The molecule has 0 saturated heterocycles. The predicted molar refractivity (Wildman–Crippen MR) is 91.2 cm³/mol. The van der Waals surface area contributed by atoms with E-state index >= 15 is 0 Å². The lowest BCUT2D eigenvalue weighted by Crippen LogP contribution is -2.54. The second-order valence-electron chi connectivity index (χ2n) is 8.62. The van der Waals surface area contributed by atoms with Crippen molar-refractivity contribution in [2.24, 2.45) is 28.6 Å². The Hall–Kier alpha value is -0.480. The molecular weight excluding hydrogens is 356 g/mol. The predicted octanol–water partition coefficient (Wildman–Crippen LogP) is 3.43. The van der Waals surface area contributed by atoms with Gasteiger partial charge in [-0.2, -0.15) is 0 Å². The Kier molecular flexibility index (Phi) is 3.49. The number of rotatable bonds is 0. The molecule has 0 spiro atoms. The van der Waals surface area contributed by atoms with Crippen LogP contribution in [0.4, 0.5) is 0 Å². The van der Waals surface area contributed by atoms with E-state index in [1.54, 1.807) is 0 Å². The third-order valence-electron chi connectivity index (χ3n) is 7.61. The summed E-state index contributed by atoms with van der Waals surface area (Å²) < 4.78 is 0. The number of allylic oxidation sites excluding steroid dienone is 1. The van der Waals surface area contributed by atoms with Crippen LogP contribution in [0.2, 0.25) is 0 Å². The number of alkyl halides is 1. The summed E-state index contributed by atoms with van der Waals surface area (Å²) in [7, 11) is 0. The van der Waals surface area contributed by atoms with Crippen LogP contribution in [0, 0.1) is 28.6 Å². The third-order valence-corrected chi connectivity index (χ3v) is 8.40. The molecule has 0 heterocycles. The Balaban J connectivity index is 1.76. The Morgan fingerprint density at radius 3 is 2.57 bits per heavy atom. The highest BCUT2D eigenvalue weighted by Gasteiger charge is 2.63. The fraction of sp³-hybridized carbons (Fsp3) is 0.789. The topological polar surface area (TPSA) is 54.4 Å². The largest absolute Gasteiger partial charge is 0.389 e. The quantitative estimate of drug-likeness (QED) is 0.517. The monoisotopic (exact) mass is 380 g/mol. The number of hydrogen-bond donors (Lipinski definition) is 1. The number of aliphatic hydroxyl groups is 1. The van der Waals surface area contributed by atoms with Crippen LogP contribution in [-0.2, 0) is 9.59 Å². The number of Topliss-reactive ketones (excluding diaryl/α,β-unsaturated/α-hetero) is 2. The number of hydrogen-bond acceptors (Lipinski definition) is 3. The van der Waals surface area contributed by atoms with Gasteiger partial charge in [0.05, 0.1) is 10.9 Å². The molecule has 4 rings (SSSR count). The molecule has 3 saturated carbocycles. The fourth-order valence-electron chi connectivity index (χ4n) is 6.17. The van der Waals surface area contributed by atoms with Crippen molar-refractivity contribution in [3.63, 3.8) is 0 Å². The molecule has 0 radical (unpaired) electrons. The zero-order chi connectivity index (χ0) is 16.6. The molecular formula is C19H25BrO3. The highest BCUT2D eigenvalue weighted by Crippen LogP contribution is 2.64. The van der Waals surface area contributed by atoms with Gasteiger partial charge in [-0.05, 0) is 49.4 Å². The molecule has 3 nitrogen and oxygen atoms in total. The number of carbonyl (C=O) groups excluding carboxylic acids is 2. The van der Waals surface area contributed by atoms with Crippen LogP contribution >= 0.6 is 15.9 Å². The maximum Gasteiger partial charge on any atom is 0.152 e. The lowest BCUT2D eigenvalue weighted by molar-refractivity contribution is -0.143. The Morgan fingerprint density at radius 1 is 1.13 bits per heavy atom. The number of fused-ring (bicyclic) bond motifs is 5. The van der Waals surface area contributed by atoms with Crippen molar-refractivity contribution < 1.29 is 14.7 Å². The molecule has 0 amide bonds. The lowest BCUT2D eigenvalue weighted by atomic mass is 9.47. The van der Waals surface area contributed by atoms with Gasteiger partial charge < -0.3 is 5.11 Å². The van der Waals surface area contributed by atoms with Crippen molar-refractivity contribution in [3.8, 4) is 0 Å². The molecule has 2 unspecified atom stereocenters. The smallest absolute Gasteiger partial charge is 0.152 e. The molecule has 126 valence electrons. The molecule has 0 aromatic rings. The van der Waals surface area contributed by atoms with Crippen LogP contribution in [0.25, 0.3) is 0 Å². The first-order valence-corrected chi connectivity index (χ1v) is 9.79. The van der Waals surface area contributed by atoms with Gasteiger partial charge in [-0.15, -0.1) is 0 Å². The van der Waals surface area contributed by atoms with E-state index in [0.717, 1.165) is 37.7 Å². The van der Waals surface area contributed by atoms with Gasteiger partial charge >= 0.3 is 0 Å². The van der Waals surface area contributed by atoms with E-state index in [-0.39, 0.29) is 27.5 Å². The maximum absolute atomic E-state index is 13.0. The average Bonchev–Trinajstić information content (AvgIpc) is 2.73. The summed E-state index contributed by atoms with van der Waals surface area (Å²) in [5.74, 6) is 1.16. The van der Waals surface area contributed by atoms with Gasteiger partial charge in [-0.1, -0.05) is 41.4 Å². The molecule has 0 aromatic carbocycles. The Labute approximate surface area is 146 Å². The summed E-state index contributed by atoms with van der Waals surface area (Å²) in [5.41, 5.74) is 0.870. The Morgan fingerprint density at radius 2 is 1.83 bits per heavy atom. The van der Waals surface area contributed by atoms with E-state index < -0.39 is 6.10 Å². The summed E-state index contributed by atoms with van der Waals surface area (Å²) in [4.78, 5) is 25.5. The van der Waals surface area contributed by atoms with Gasteiger partial charge in [-0.3, -0.25) is 9.59 Å². The number of carbonyl (C=O) groups is 2. The van der Waals surface area contributed by atoms with Crippen molar-refractivity contribution in [1.82, 2.24) is 0 Å². The summed E-state index contributed by atoms with van der Waals surface area (Å²) in [6.07, 6.45) is 6.44. The van der Waals surface area contributed by atoms with Crippen LogP contribution in [-0.4, -0.2) is 27.6 Å². The summed E-state index contributed by atoms with van der Waals surface area (Å²) in [6, 6.07) is 0. The van der Waals surface area contributed by atoms with Gasteiger partial charge in [0.15, 0.2) is 5.78 Å². The minimum absolute atomic E-state index is 0.0256. The molecule has 4 heteroatoms. The standard InChI is InChI=1S/C19H25BrO3/c1-18-5-3-11(21)7-10(18)8-15(22)16-12(18)4-6-19(2)13(16)9-14(20)17(19)23/h7,11-14,16,21H,3-6,8-9H2,1-2H3/t11?,12-,13+,14?,16-,18+,19+/m1/s1. The van der Waals surface area contributed by atoms with Crippen LogP contribution < -0.4 is 0 Å². The number of ketones is 2. The van der Waals surface area contributed by atoms with E-state index in [2.05, 4.69) is 29.8 Å². The normalized spacial score (nSPS) is 52.5. The van der Waals surface area contributed by atoms with E-state index in [9.17, 15) is 14.7 Å². The zero-order valence-electron chi connectivity index (χ0n) is 13.8. The second-order valence-corrected chi connectivity index (χ2v) is 9.73. The van der Waals surface area contributed by atoms with E-state index in [4.69, 9.17) is 0 Å². The van der Waals surface area contributed by atoms with Gasteiger partial charge in [0.25, 0.3) is 0 Å². The highest BCUT2D eigenvalue weighted by molar-refractivity contribution is 9.10. The van der Waals surface area contributed by atoms with E-state index in [0.29, 0.717) is 23.9 Å². The molecule has 7 atom stereocenters. The minimum atomic E-state index is -0.392. The summed E-state index contributed by atoms with van der Waals surface area (Å²) in [5, 5.41) is 9.97. The summed E-state index contributed by atoms with van der Waals surface area (Å²) >= 11 is 3.55. The molecule has 0 bridgehead atoms. The second kappa shape index (κ2) is 5.01. The van der Waals surface area contributed by atoms with Gasteiger partial charge in [0.1, 0.15) is 5.78 Å². The highest BCUT2D eigenvalue weighted by atomic mass is 79.9. The van der Waals surface area contributed by atoms with E-state index in [1.165, 1.54) is 0 Å². The molecule has 0 aromatic heterocycles. The molecule has 23 heavy (non-hydrogen) atoms. The van der Waals surface area contributed by atoms with Crippen molar-refractivity contribution >= 4 is 27.5 Å². The maximum atomic E-state index is 13.0. The van der Waals surface area contributed by atoms with Crippen molar-refractivity contribution in [2.45, 2.75) is 63.3 Å². The SMILES string of the molecule is C[C@]12CCC(O)C=C1CC(=O)[C@@H]1[C@H]2CC[C@]2(C)C(=O)C(Br)C[C@@H]12. The van der Waals surface area contributed by atoms with Crippen molar-refractivity contribution in [2.75, 3.05) is 0 Å². The van der Waals surface area contributed by atoms with Gasteiger partial charge in [0, 0.05) is 17.8 Å². The van der Waals surface area contributed by atoms with E-state index in [1.807, 2.05) is 6.08 Å². The summed E-state index contributed by atoms with van der Waals surface area (Å²) in [6.45, 7) is 4.38. The van der Waals surface area contributed by atoms with Crippen LogP contribution in [0.3, 0.4) is 0 Å². The molecule has 3 fully saturated rings. The minimum Gasteiger partial charge on any atom is -0.389 e. The van der Waals surface area contributed by atoms with Crippen LogP contribution in [0.15, 0.2) is 11.6 Å². The van der Waals surface area contributed by atoms with Gasteiger partial charge in [-0.25, -0.2) is 0 Å². The number of aliphatic hydroxyl groups excluding tert-OH is 1.